The topological polar surface area (TPSA) is 94.6 Å². The van der Waals surface area contributed by atoms with Crippen LogP contribution >= 0.6 is 0 Å². The van der Waals surface area contributed by atoms with E-state index in [4.69, 9.17) is 19.9 Å². The van der Waals surface area contributed by atoms with Crippen molar-refractivity contribution in [1.29, 1.82) is 5.26 Å². The SMILES string of the molecule is COC(=O)C1=C(C)OC(N)=C(C#N)[C@H]1c1ccccc1OC. The molecule has 0 spiro atoms. The lowest BCUT2D eigenvalue weighted by atomic mass is 9.82. The third-order valence-electron chi connectivity index (χ3n) is 3.46. The lowest BCUT2D eigenvalue weighted by molar-refractivity contribution is -0.136. The first-order valence-electron chi connectivity index (χ1n) is 6.54. The smallest absolute Gasteiger partial charge is 0.338 e. The zero-order valence-electron chi connectivity index (χ0n) is 12.5. The van der Waals surface area contributed by atoms with Crippen LogP contribution in [0.5, 0.6) is 5.75 Å². The molecule has 2 N–H and O–H groups in total. The first kappa shape index (κ1) is 15.4. The van der Waals surface area contributed by atoms with Gasteiger partial charge in [0.05, 0.1) is 25.7 Å². The summed E-state index contributed by atoms with van der Waals surface area (Å²) in [6.45, 7) is 1.61. The maximum absolute atomic E-state index is 12.2. The van der Waals surface area contributed by atoms with Crippen LogP contribution in [-0.2, 0) is 14.3 Å². The van der Waals surface area contributed by atoms with E-state index in [0.29, 0.717) is 17.1 Å². The van der Waals surface area contributed by atoms with Crippen LogP contribution in [0, 0.1) is 11.3 Å². The predicted molar refractivity (Wildman–Crippen MR) is 78.4 cm³/mol. The van der Waals surface area contributed by atoms with Gasteiger partial charge >= 0.3 is 5.97 Å². The van der Waals surface area contributed by atoms with Crippen molar-refractivity contribution in [2.24, 2.45) is 5.73 Å². The number of para-hydroxylation sites is 1. The largest absolute Gasteiger partial charge is 0.496 e. The summed E-state index contributed by atoms with van der Waals surface area (Å²) in [5, 5.41) is 9.43. The van der Waals surface area contributed by atoms with Gasteiger partial charge in [-0.1, -0.05) is 18.2 Å². The number of nitrogens with two attached hydrogens (primary N) is 1. The Kier molecular flexibility index (Phi) is 4.37. The van der Waals surface area contributed by atoms with Gasteiger partial charge < -0.3 is 19.9 Å². The van der Waals surface area contributed by atoms with E-state index in [0.717, 1.165) is 0 Å². The Morgan fingerprint density at radius 3 is 2.64 bits per heavy atom. The van der Waals surface area contributed by atoms with E-state index < -0.39 is 11.9 Å². The molecule has 1 aromatic carbocycles. The molecule has 1 aromatic rings. The average molecular weight is 300 g/mol. The van der Waals surface area contributed by atoms with E-state index in [1.165, 1.54) is 14.2 Å². The summed E-state index contributed by atoms with van der Waals surface area (Å²) in [6, 6.07) is 9.13. The second-order valence-electron chi connectivity index (χ2n) is 4.63. The minimum absolute atomic E-state index is 0.0245. The Morgan fingerprint density at radius 2 is 2.05 bits per heavy atom. The molecule has 114 valence electrons. The number of benzene rings is 1. The number of nitrogens with zero attached hydrogens (tertiary/aromatic N) is 1. The van der Waals surface area contributed by atoms with E-state index >= 15 is 0 Å². The summed E-state index contributed by atoms with van der Waals surface area (Å²) >= 11 is 0. The van der Waals surface area contributed by atoms with E-state index in [9.17, 15) is 10.1 Å². The molecule has 1 atom stereocenters. The lowest BCUT2D eigenvalue weighted by Crippen LogP contribution is -2.25. The Morgan fingerprint density at radius 1 is 1.36 bits per heavy atom. The second kappa shape index (κ2) is 6.22. The van der Waals surface area contributed by atoms with Gasteiger partial charge in [-0.05, 0) is 13.0 Å². The highest BCUT2D eigenvalue weighted by molar-refractivity contribution is 5.92. The molecule has 1 heterocycles. The standard InChI is InChI=1S/C16H16N2O4/c1-9-13(16(19)21-3)14(11(8-17)15(18)22-9)10-6-4-5-7-12(10)20-2/h4-7,14H,18H2,1-3H3/t14-/m1/s1. The van der Waals surface area contributed by atoms with Crippen molar-refractivity contribution < 1.29 is 19.0 Å². The van der Waals surface area contributed by atoms with Crippen LogP contribution in [0.1, 0.15) is 18.4 Å². The molecule has 0 fully saturated rings. The van der Waals surface area contributed by atoms with Crippen molar-refractivity contribution >= 4 is 5.97 Å². The minimum Gasteiger partial charge on any atom is -0.496 e. The number of esters is 1. The summed E-state index contributed by atoms with van der Waals surface area (Å²) in [7, 11) is 2.79. The van der Waals surface area contributed by atoms with Crippen molar-refractivity contribution in [2.45, 2.75) is 12.8 Å². The number of carbonyl (C=O) groups is 1. The molecule has 6 heteroatoms. The molecule has 2 rings (SSSR count). The van der Waals surface area contributed by atoms with Crippen LogP contribution in [0.25, 0.3) is 0 Å². The van der Waals surface area contributed by atoms with E-state index in [2.05, 4.69) is 0 Å². The molecule has 1 aliphatic heterocycles. The Hall–Kier alpha value is -2.94. The molecule has 0 amide bonds. The zero-order chi connectivity index (χ0) is 16.3. The highest BCUT2D eigenvalue weighted by atomic mass is 16.5. The number of nitriles is 1. The van der Waals surface area contributed by atoms with Crippen LogP contribution in [-0.4, -0.2) is 20.2 Å². The van der Waals surface area contributed by atoms with Crippen LogP contribution in [0.15, 0.2) is 47.1 Å². The van der Waals surface area contributed by atoms with Crippen molar-refractivity contribution in [3.05, 3.63) is 52.6 Å². The second-order valence-corrected chi connectivity index (χ2v) is 4.63. The van der Waals surface area contributed by atoms with Crippen molar-refractivity contribution in [3.8, 4) is 11.8 Å². The Labute approximate surface area is 128 Å². The summed E-state index contributed by atoms with van der Waals surface area (Å²) in [5.41, 5.74) is 6.84. The van der Waals surface area contributed by atoms with E-state index in [1.54, 1.807) is 31.2 Å². The number of hydrogen-bond donors (Lipinski definition) is 1. The average Bonchev–Trinajstić information content (AvgIpc) is 2.53. The molecule has 0 aromatic heterocycles. The summed E-state index contributed by atoms with van der Waals surface area (Å²) in [5.74, 6) is -0.442. The minimum atomic E-state index is -0.692. The normalized spacial score (nSPS) is 17.6. The third kappa shape index (κ3) is 2.49. The van der Waals surface area contributed by atoms with Gasteiger partial charge in [0, 0.05) is 5.56 Å². The quantitative estimate of drug-likeness (QED) is 0.857. The van der Waals surface area contributed by atoms with Gasteiger partial charge in [-0.15, -0.1) is 0 Å². The van der Waals surface area contributed by atoms with Crippen molar-refractivity contribution in [1.82, 2.24) is 0 Å². The van der Waals surface area contributed by atoms with Crippen molar-refractivity contribution in [2.75, 3.05) is 14.2 Å². The number of hydrogen-bond acceptors (Lipinski definition) is 6. The fraction of sp³-hybridized carbons (Fsp3) is 0.250. The predicted octanol–water partition coefficient (Wildman–Crippen LogP) is 1.95. The van der Waals surface area contributed by atoms with Gasteiger partial charge in [0.1, 0.15) is 23.2 Å². The molecule has 0 bridgehead atoms. The molecule has 1 aliphatic rings. The summed E-state index contributed by atoms with van der Waals surface area (Å²) in [4.78, 5) is 12.2. The highest BCUT2D eigenvalue weighted by Gasteiger charge is 2.37. The van der Waals surface area contributed by atoms with Gasteiger partial charge in [0.2, 0.25) is 5.88 Å². The lowest BCUT2D eigenvalue weighted by Gasteiger charge is -2.27. The van der Waals surface area contributed by atoms with Crippen LogP contribution in [0.4, 0.5) is 0 Å². The highest BCUT2D eigenvalue weighted by Crippen LogP contribution is 2.42. The summed E-state index contributed by atoms with van der Waals surface area (Å²) in [6.07, 6.45) is 0. The maximum Gasteiger partial charge on any atom is 0.338 e. The number of rotatable bonds is 3. The van der Waals surface area contributed by atoms with Crippen molar-refractivity contribution in [3.63, 3.8) is 0 Å². The number of carbonyl (C=O) groups excluding carboxylic acids is 1. The first-order valence-corrected chi connectivity index (χ1v) is 6.54. The van der Waals surface area contributed by atoms with E-state index in [-0.39, 0.29) is 17.0 Å². The Balaban J connectivity index is 2.71. The maximum atomic E-state index is 12.2. The van der Waals surface area contributed by atoms with Gasteiger partial charge in [0.25, 0.3) is 0 Å². The van der Waals surface area contributed by atoms with Crippen LogP contribution < -0.4 is 10.5 Å². The third-order valence-corrected chi connectivity index (χ3v) is 3.46. The molecule has 6 nitrogen and oxygen atoms in total. The van der Waals surface area contributed by atoms with E-state index in [1.807, 2.05) is 6.07 Å². The fourth-order valence-corrected chi connectivity index (χ4v) is 2.47. The summed E-state index contributed by atoms with van der Waals surface area (Å²) < 4.78 is 15.5. The fourth-order valence-electron chi connectivity index (χ4n) is 2.47. The van der Waals surface area contributed by atoms with Crippen LogP contribution in [0.2, 0.25) is 0 Å². The van der Waals surface area contributed by atoms with Gasteiger partial charge in [-0.25, -0.2) is 4.79 Å². The first-order chi connectivity index (χ1) is 10.5. The zero-order valence-corrected chi connectivity index (χ0v) is 12.5. The van der Waals surface area contributed by atoms with Gasteiger partial charge in [0.15, 0.2) is 0 Å². The van der Waals surface area contributed by atoms with Gasteiger partial charge in [-0.3, -0.25) is 0 Å². The number of allylic oxidation sites excluding steroid dienone is 2. The monoisotopic (exact) mass is 300 g/mol. The number of methoxy groups -OCH3 is 2. The molecule has 0 aliphatic carbocycles. The molecule has 22 heavy (non-hydrogen) atoms. The molecule has 0 saturated carbocycles. The number of ether oxygens (including phenoxy) is 3. The molecular weight excluding hydrogens is 284 g/mol. The van der Waals surface area contributed by atoms with Crippen LogP contribution in [0.3, 0.4) is 0 Å². The molecule has 0 unspecified atom stereocenters. The molecule has 0 saturated heterocycles. The molecule has 0 radical (unpaired) electrons. The van der Waals surface area contributed by atoms with Gasteiger partial charge in [-0.2, -0.15) is 5.26 Å². The molecular formula is C16H16N2O4. The Bertz CT molecular complexity index is 713.